The van der Waals surface area contributed by atoms with Crippen LogP contribution in [0.5, 0.6) is 0 Å². The van der Waals surface area contributed by atoms with Crippen molar-refractivity contribution in [1.82, 2.24) is 9.97 Å². The lowest BCUT2D eigenvalue weighted by Gasteiger charge is -2.02. The summed E-state index contributed by atoms with van der Waals surface area (Å²) in [5.41, 5.74) is 8.39. The van der Waals surface area contributed by atoms with Crippen molar-refractivity contribution in [3.05, 3.63) is 48.5 Å². The van der Waals surface area contributed by atoms with Crippen molar-refractivity contribution in [1.29, 1.82) is 0 Å². The first-order valence-corrected chi connectivity index (χ1v) is 4.95. The molecule has 0 saturated heterocycles. The summed E-state index contributed by atoms with van der Waals surface area (Å²) in [4.78, 5) is 8.06. The third-order valence-electron chi connectivity index (χ3n) is 2.14. The number of nitrogens with two attached hydrogens (primary N) is 1. The van der Waals surface area contributed by atoms with Gasteiger partial charge in [0.2, 0.25) is 0 Å². The molecular formula is C13H11N3. The zero-order valence-corrected chi connectivity index (χ0v) is 8.72. The number of pyridine rings is 2. The van der Waals surface area contributed by atoms with E-state index in [1.54, 1.807) is 24.8 Å². The molecule has 0 aliphatic heterocycles. The molecule has 78 valence electrons. The molecule has 2 aromatic heterocycles. The zero-order valence-electron chi connectivity index (χ0n) is 8.72. The SMILES string of the molecule is NCC#Cc1cnccc1-c1ccncc1. The summed E-state index contributed by atoms with van der Waals surface area (Å²) >= 11 is 0. The molecule has 0 fully saturated rings. The van der Waals surface area contributed by atoms with Gasteiger partial charge < -0.3 is 5.73 Å². The van der Waals surface area contributed by atoms with Crippen molar-refractivity contribution in [2.75, 3.05) is 6.54 Å². The molecule has 2 aromatic rings. The average molecular weight is 209 g/mol. The van der Waals surface area contributed by atoms with Crippen LogP contribution in [-0.4, -0.2) is 16.5 Å². The summed E-state index contributed by atoms with van der Waals surface area (Å²) in [6.45, 7) is 0.352. The summed E-state index contributed by atoms with van der Waals surface area (Å²) < 4.78 is 0. The molecule has 0 aliphatic carbocycles. The number of hydrogen-bond donors (Lipinski definition) is 1. The highest BCUT2D eigenvalue weighted by molar-refractivity contribution is 5.69. The average Bonchev–Trinajstić information content (AvgIpc) is 2.38. The minimum atomic E-state index is 0.352. The highest BCUT2D eigenvalue weighted by Gasteiger charge is 2.01. The minimum Gasteiger partial charge on any atom is -0.320 e. The third-order valence-corrected chi connectivity index (χ3v) is 2.14. The molecule has 2 rings (SSSR count). The summed E-state index contributed by atoms with van der Waals surface area (Å²) in [6, 6.07) is 5.84. The Labute approximate surface area is 94.4 Å². The van der Waals surface area contributed by atoms with Crippen molar-refractivity contribution in [3.8, 4) is 23.0 Å². The van der Waals surface area contributed by atoms with Gasteiger partial charge in [0.1, 0.15) is 0 Å². The van der Waals surface area contributed by atoms with Crippen molar-refractivity contribution >= 4 is 0 Å². The predicted octanol–water partition coefficient (Wildman–Crippen LogP) is 1.45. The normalized spacial score (nSPS) is 9.31. The van der Waals surface area contributed by atoms with Gasteiger partial charge in [0, 0.05) is 30.4 Å². The summed E-state index contributed by atoms with van der Waals surface area (Å²) in [5, 5.41) is 0. The summed E-state index contributed by atoms with van der Waals surface area (Å²) in [5.74, 6) is 5.85. The van der Waals surface area contributed by atoms with Crippen LogP contribution in [0.4, 0.5) is 0 Å². The Hall–Kier alpha value is -2.18. The molecule has 0 saturated carbocycles. The van der Waals surface area contributed by atoms with Crippen LogP contribution in [0, 0.1) is 11.8 Å². The molecule has 0 bridgehead atoms. The first kappa shape index (κ1) is 10.3. The molecule has 2 N–H and O–H groups in total. The maximum absolute atomic E-state index is 5.36. The monoisotopic (exact) mass is 209 g/mol. The van der Waals surface area contributed by atoms with Gasteiger partial charge in [0.25, 0.3) is 0 Å². The van der Waals surface area contributed by atoms with E-state index < -0.39 is 0 Å². The van der Waals surface area contributed by atoms with Gasteiger partial charge in [-0.3, -0.25) is 9.97 Å². The second-order valence-electron chi connectivity index (χ2n) is 3.16. The van der Waals surface area contributed by atoms with E-state index in [0.29, 0.717) is 6.54 Å². The van der Waals surface area contributed by atoms with Gasteiger partial charge in [-0.25, -0.2) is 0 Å². The topological polar surface area (TPSA) is 51.8 Å². The molecular weight excluding hydrogens is 198 g/mol. The van der Waals surface area contributed by atoms with Gasteiger partial charge in [0.05, 0.1) is 12.1 Å². The van der Waals surface area contributed by atoms with E-state index in [1.165, 1.54) is 0 Å². The van der Waals surface area contributed by atoms with Crippen LogP contribution < -0.4 is 5.73 Å². The third kappa shape index (κ3) is 2.25. The molecule has 16 heavy (non-hydrogen) atoms. The molecule has 0 radical (unpaired) electrons. The maximum atomic E-state index is 5.36. The fourth-order valence-electron chi connectivity index (χ4n) is 1.42. The fourth-order valence-corrected chi connectivity index (χ4v) is 1.42. The van der Waals surface area contributed by atoms with E-state index >= 15 is 0 Å². The van der Waals surface area contributed by atoms with Crippen LogP contribution in [0.15, 0.2) is 43.0 Å². The second kappa shape index (κ2) is 5.06. The Bertz CT molecular complexity index is 524. The van der Waals surface area contributed by atoms with Crippen LogP contribution in [0.3, 0.4) is 0 Å². The predicted molar refractivity (Wildman–Crippen MR) is 63.4 cm³/mol. The van der Waals surface area contributed by atoms with Crippen LogP contribution in [-0.2, 0) is 0 Å². The van der Waals surface area contributed by atoms with Gasteiger partial charge in [-0.1, -0.05) is 11.8 Å². The van der Waals surface area contributed by atoms with Crippen LogP contribution in [0.2, 0.25) is 0 Å². The summed E-state index contributed by atoms with van der Waals surface area (Å²) in [6.07, 6.45) is 7.02. The highest BCUT2D eigenvalue weighted by Crippen LogP contribution is 2.20. The van der Waals surface area contributed by atoms with E-state index in [9.17, 15) is 0 Å². The maximum Gasteiger partial charge on any atom is 0.0555 e. The Morgan fingerprint density at radius 3 is 2.56 bits per heavy atom. The number of rotatable bonds is 1. The van der Waals surface area contributed by atoms with Gasteiger partial charge in [0.15, 0.2) is 0 Å². The Morgan fingerprint density at radius 1 is 1.06 bits per heavy atom. The van der Waals surface area contributed by atoms with Gasteiger partial charge in [-0.05, 0) is 23.8 Å². The highest BCUT2D eigenvalue weighted by atomic mass is 14.6. The Morgan fingerprint density at radius 2 is 1.81 bits per heavy atom. The van der Waals surface area contributed by atoms with E-state index in [1.807, 2.05) is 18.2 Å². The van der Waals surface area contributed by atoms with E-state index in [2.05, 4.69) is 21.8 Å². The standard InChI is InChI=1S/C13H11N3/c14-6-1-2-12-10-16-9-5-13(12)11-3-7-15-8-4-11/h3-5,7-10H,6,14H2. The molecule has 0 amide bonds. The molecule has 3 nitrogen and oxygen atoms in total. The van der Waals surface area contributed by atoms with Gasteiger partial charge in [-0.15, -0.1) is 0 Å². The van der Waals surface area contributed by atoms with Crippen molar-refractivity contribution < 1.29 is 0 Å². The van der Waals surface area contributed by atoms with Crippen molar-refractivity contribution in [2.45, 2.75) is 0 Å². The second-order valence-corrected chi connectivity index (χ2v) is 3.16. The molecule has 3 heteroatoms. The zero-order chi connectivity index (χ0) is 11.2. The lowest BCUT2D eigenvalue weighted by molar-refractivity contribution is 1.28. The number of hydrogen-bond acceptors (Lipinski definition) is 3. The Kier molecular flexibility index (Phi) is 3.27. The quantitative estimate of drug-likeness (QED) is 0.723. The Balaban J connectivity index is 2.49. The van der Waals surface area contributed by atoms with E-state index in [-0.39, 0.29) is 0 Å². The number of nitrogens with zero attached hydrogens (tertiary/aromatic N) is 2. The first-order chi connectivity index (χ1) is 7.92. The lowest BCUT2D eigenvalue weighted by Crippen LogP contribution is -1.94. The fraction of sp³-hybridized carbons (Fsp3) is 0.0769. The van der Waals surface area contributed by atoms with Gasteiger partial charge >= 0.3 is 0 Å². The number of aromatic nitrogens is 2. The summed E-state index contributed by atoms with van der Waals surface area (Å²) in [7, 11) is 0. The first-order valence-electron chi connectivity index (χ1n) is 4.95. The van der Waals surface area contributed by atoms with E-state index in [4.69, 9.17) is 5.73 Å². The van der Waals surface area contributed by atoms with Crippen molar-refractivity contribution in [3.63, 3.8) is 0 Å². The van der Waals surface area contributed by atoms with Crippen LogP contribution >= 0.6 is 0 Å². The van der Waals surface area contributed by atoms with E-state index in [0.717, 1.165) is 16.7 Å². The minimum absolute atomic E-state index is 0.352. The largest absolute Gasteiger partial charge is 0.320 e. The van der Waals surface area contributed by atoms with Crippen LogP contribution in [0.1, 0.15) is 5.56 Å². The van der Waals surface area contributed by atoms with Crippen LogP contribution in [0.25, 0.3) is 11.1 Å². The van der Waals surface area contributed by atoms with Crippen molar-refractivity contribution in [2.24, 2.45) is 5.73 Å². The molecule has 0 aromatic carbocycles. The molecule has 0 aliphatic rings. The molecule has 0 spiro atoms. The lowest BCUT2D eigenvalue weighted by atomic mass is 10.0. The smallest absolute Gasteiger partial charge is 0.0555 e. The molecule has 0 unspecified atom stereocenters. The molecule has 0 atom stereocenters. The molecule has 2 heterocycles. The van der Waals surface area contributed by atoms with Gasteiger partial charge in [-0.2, -0.15) is 0 Å².